The van der Waals surface area contributed by atoms with Gasteiger partial charge in [-0.05, 0) is 25.1 Å². The number of para-hydroxylation sites is 1. The molecule has 0 aliphatic rings. The van der Waals surface area contributed by atoms with Gasteiger partial charge in [0.05, 0.1) is 13.7 Å². The number of anilines is 1. The first-order valence-corrected chi connectivity index (χ1v) is 7.35. The van der Waals surface area contributed by atoms with Gasteiger partial charge in [0.15, 0.2) is 0 Å². The van der Waals surface area contributed by atoms with E-state index < -0.39 is 0 Å². The highest BCUT2D eigenvalue weighted by molar-refractivity contribution is 6.31. The maximum atomic E-state index is 6.25. The molecule has 0 aliphatic heterocycles. The number of methoxy groups -OCH3 is 1. The summed E-state index contributed by atoms with van der Waals surface area (Å²) in [5.41, 5.74) is 3.13. The third-order valence-corrected chi connectivity index (χ3v) is 3.58. The lowest BCUT2D eigenvalue weighted by molar-refractivity contribution is 0.134. The van der Waals surface area contributed by atoms with Crippen molar-refractivity contribution in [1.82, 2.24) is 0 Å². The molecule has 0 heterocycles. The van der Waals surface area contributed by atoms with Crippen molar-refractivity contribution in [3.8, 4) is 5.75 Å². The molecule has 0 atom stereocenters. The van der Waals surface area contributed by atoms with Crippen molar-refractivity contribution in [3.63, 3.8) is 0 Å². The van der Waals surface area contributed by atoms with Crippen molar-refractivity contribution in [2.75, 3.05) is 19.0 Å². The van der Waals surface area contributed by atoms with Crippen LogP contribution in [0, 0.1) is 0 Å². The fourth-order valence-corrected chi connectivity index (χ4v) is 2.35. The van der Waals surface area contributed by atoms with E-state index in [1.165, 1.54) is 0 Å². The van der Waals surface area contributed by atoms with Crippen LogP contribution in [0.5, 0.6) is 5.75 Å². The highest BCUT2D eigenvalue weighted by Crippen LogP contribution is 2.27. The Hall–Kier alpha value is -1.71. The van der Waals surface area contributed by atoms with Crippen LogP contribution in [0.25, 0.3) is 0 Å². The lowest BCUT2D eigenvalue weighted by Crippen LogP contribution is -2.05. The molecular formula is C17H20ClNO2. The van der Waals surface area contributed by atoms with Gasteiger partial charge in [-0.2, -0.15) is 0 Å². The average Bonchev–Trinajstić information content (AvgIpc) is 2.52. The minimum Gasteiger partial charge on any atom is -0.496 e. The summed E-state index contributed by atoms with van der Waals surface area (Å²) >= 11 is 6.25. The summed E-state index contributed by atoms with van der Waals surface area (Å²) in [6.07, 6.45) is 0. The summed E-state index contributed by atoms with van der Waals surface area (Å²) in [4.78, 5) is 0. The predicted molar refractivity (Wildman–Crippen MR) is 87.1 cm³/mol. The Labute approximate surface area is 130 Å². The summed E-state index contributed by atoms with van der Waals surface area (Å²) in [5, 5.41) is 4.11. The van der Waals surface area contributed by atoms with E-state index in [1.54, 1.807) is 7.11 Å². The van der Waals surface area contributed by atoms with Crippen LogP contribution in [0.1, 0.15) is 18.1 Å². The number of hydrogen-bond donors (Lipinski definition) is 1. The molecule has 3 nitrogen and oxygen atoms in total. The van der Waals surface area contributed by atoms with Crippen molar-refractivity contribution in [2.45, 2.75) is 20.1 Å². The summed E-state index contributed by atoms with van der Waals surface area (Å²) in [6.45, 7) is 3.89. The zero-order valence-electron chi connectivity index (χ0n) is 12.4. The standard InChI is InChI=1S/C17H20ClNO2/c1-3-21-12-13-7-4-5-9-16(13)19-11-14-15(18)8-6-10-17(14)20-2/h4-10,19H,3,11-12H2,1-2H3. The van der Waals surface area contributed by atoms with Gasteiger partial charge in [0.1, 0.15) is 5.75 Å². The summed E-state index contributed by atoms with van der Waals surface area (Å²) < 4.78 is 10.9. The number of ether oxygens (including phenoxy) is 2. The smallest absolute Gasteiger partial charge is 0.125 e. The molecule has 0 unspecified atom stereocenters. The zero-order chi connectivity index (χ0) is 15.1. The topological polar surface area (TPSA) is 30.5 Å². The van der Waals surface area contributed by atoms with Gasteiger partial charge < -0.3 is 14.8 Å². The van der Waals surface area contributed by atoms with E-state index in [9.17, 15) is 0 Å². The Morgan fingerprint density at radius 3 is 2.67 bits per heavy atom. The van der Waals surface area contributed by atoms with Crippen LogP contribution in [0.15, 0.2) is 42.5 Å². The normalized spacial score (nSPS) is 10.4. The summed E-state index contributed by atoms with van der Waals surface area (Å²) in [6, 6.07) is 13.8. The number of benzene rings is 2. The highest BCUT2D eigenvalue weighted by Gasteiger charge is 2.08. The fraction of sp³-hybridized carbons (Fsp3) is 0.294. The van der Waals surface area contributed by atoms with Crippen LogP contribution in [0.4, 0.5) is 5.69 Å². The lowest BCUT2D eigenvalue weighted by Gasteiger charge is -2.15. The molecule has 1 N–H and O–H groups in total. The van der Waals surface area contributed by atoms with Crippen molar-refractivity contribution in [2.24, 2.45) is 0 Å². The molecule has 2 aromatic rings. The minimum absolute atomic E-state index is 0.597. The van der Waals surface area contributed by atoms with E-state index in [4.69, 9.17) is 21.1 Å². The summed E-state index contributed by atoms with van der Waals surface area (Å²) in [5.74, 6) is 0.789. The van der Waals surface area contributed by atoms with Crippen LogP contribution < -0.4 is 10.1 Å². The third-order valence-electron chi connectivity index (χ3n) is 3.23. The number of nitrogens with one attached hydrogen (secondary N) is 1. The predicted octanol–water partition coefficient (Wildman–Crippen LogP) is 4.50. The average molecular weight is 306 g/mol. The van der Waals surface area contributed by atoms with Gasteiger partial charge in [0.25, 0.3) is 0 Å². The van der Waals surface area contributed by atoms with E-state index in [-0.39, 0.29) is 0 Å². The first-order chi connectivity index (χ1) is 10.3. The van der Waals surface area contributed by atoms with Gasteiger partial charge in [-0.1, -0.05) is 35.9 Å². The molecule has 0 radical (unpaired) electrons. The van der Waals surface area contributed by atoms with E-state index >= 15 is 0 Å². The van der Waals surface area contributed by atoms with Crippen molar-refractivity contribution in [3.05, 3.63) is 58.6 Å². The maximum Gasteiger partial charge on any atom is 0.125 e. The first-order valence-electron chi connectivity index (χ1n) is 6.97. The maximum absolute atomic E-state index is 6.25. The van der Waals surface area contributed by atoms with Gasteiger partial charge in [-0.3, -0.25) is 0 Å². The molecule has 112 valence electrons. The van der Waals surface area contributed by atoms with Gasteiger partial charge in [-0.15, -0.1) is 0 Å². The second-order valence-corrected chi connectivity index (χ2v) is 4.98. The quantitative estimate of drug-likeness (QED) is 0.817. The van der Waals surface area contributed by atoms with Gasteiger partial charge in [-0.25, -0.2) is 0 Å². The third kappa shape index (κ3) is 4.13. The molecule has 2 rings (SSSR count). The molecule has 0 fully saturated rings. The first kappa shape index (κ1) is 15.7. The van der Waals surface area contributed by atoms with Crippen LogP contribution in [-0.2, 0) is 17.9 Å². The van der Waals surface area contributed by atoms with Crippen molar-refractivity contribution in [1.29, 1.82) is 0 Å². The SMILES string of the molecule is CCOCc1ccccc1NCc1c(Cl)cccc1OC. The van der Waals surface area contributed by atoms with Crippen LogP contribution in [0.3, 0.4) is 0 Å². The number of rotatable bonds is 7. The molecule has 2 aromatic carbocycles. The molecular weight excluding hydrogens is 286 g/mol. The zero-order valence-corrected chi connectivity index (χ0v) is 13.1. The Balaban J connectivity index is 2.13. The molecule has 0 amide bonds. The number of halogens is 1. The van der Waals surface area contributed by atoms with Gasteiger partial charge in [0.2, 0.25) is 0 Å². The van der Waals surface area contributed by atoms with Crippen LogP contribution in [-0.4, -0.2) is 13.7 Å². The molecule has 0 bridgehead atoms. The largest absolute Gasteiger partial charge is 0.496 e. The molecule has 4 heteroatoms. The van der Waals surface area contributed by atoms with Gasteiger partial charge >= 0.3 is 0 Å². The Bertz CT molecular complexity index is 587. The molecule has 0 aromatic heterocycles. The van der Waals surface area contributed by atoms with Crippen LogP contribution in [0.2, 0.25) is 5.02 Å². The Morgan fingerprint density at radius 2 is 1.90 bits per heavy atom. The summed E-state index contributed by atoms with van der Waals surface area (Å²) in [7, 11) is 1.65. The molecule has 0 saturated carbocycles. The van der Waals surface area contributed by atoms with E-state index in [0.29, 0.717) is 24.8 Å². The van der Waals surface area contributed by atoms with Crippen molar-refractivity contribution >= 4 is 17.3 Å². The monoisotopic (exact) mass is 305 g/mol. The molecule has 0 saturated heterocycles. The second-order valence-electron chi connectivity index (χ2n) is 4.57. The molecule has 21 heavy (non-hydrogen) atoms. The second kappa shape index (κ2) is 7.91. The van der Waals surface area contributed by atoms with Crippen molar-refractivity contribution < 1.29 is 9.47 Å². The highest BCUT2D eigenvalue weighted by atomic mass is 35.5. The Kier molecular flexibility index (Phi) is 5.90. The van der Waals surface area contributed by atoms with E-state index in [0.717, 1.165) is 22.6 Å². The van der Waals surface area contributed by atoms with E-state index in [2.05, 4.69) is 11.4 Å². The fourth-order valence-electron chi connectivity index (χ4n) is 2.12. The van der Waals surface area contributed by atoms with E-state index in [1.807, 2.05) is 43.3 Å². The van der Waals surface area contributed by atoms with Gasteiger partial charge in [0, 0.05) is 35.0 Å². The minimum atomic E-state index is 0.597. The lowest BCUT2D eigenvalue weighted by atomic mass is 10.1. The number of hydrogen-bond acceptors (Lipinski definition) is 3. The van der Waals surface area contributed by atoms with Crippen LogP contribution >= 0.6 is 11.6 Å². The molecule has 0 aliphatic carbocycles. The Morgan fingerprint density at radius 1 is 1.10 bits per heavy atom. The molecule has 0 spiro atoms.